The van der Waals surface area contributed by atoms with Crippen LogP contribution in [0, 0.1) is 6.92 Å². The van der Waals surface area contributed by atoms with Crippen LogP contribution in [-0.4, -0.2) is 9.97 Å². The first-order valence-corrected chi connectivity index (χ1v) is 3.78. The lowest BCUT2D eigenvalue weighted by atomic mass is 10.1. The molecule has 0 aromatic carbocycles. The largest absolute Gasteiger partial charge is 0.241 e. The molecule has 1 aliphatic rings. The molecule has 1 aromatic rings. The van der Waals surface area contributed by atoms with E-state index in [1.165, 1.54) is 5.56 Å². The molecule has 0 aliphatic heterocycles. The lowest BCUT2D eigenvalue weighted by molar-refractivity contribution is 0.899. The monoisotopic (exact) mass is 146 g/mol. The lowest BCUT2D eigenvalue weighted by Gasteiger charge is -2.03. The fourth-order valence-electron chi connectivity index (χ4n) is 1.40. The molecular formula is C9H10N2. The van der Waals surface area contributed by atoms with Crippen LogP contribution in [0.4, 0.5) is 0 Å². The highest BCUT2D eigenvalue weighted by molar-refractivity contribution is 5.61. The SMILES string of the molecule is Cc1ncnc2c1C=CC2C. The number of nitrogens with zero attached hydrogens (tertiary/aromatic N) is 2. The molecule has 1 heterocycles. The maximum Gasteiger partial charge on any atom is 0.115 e. The molecule has 11 heavy (non-hydrogen) atoms. The maximum atomic E-state index is 4.23. The van der Waals surface area contributed by atoms with Gasteiger partial charge in [-0.3, -0.25) is 0 Å². The van der Waals surface area contributed by atoms with E-state index < -0.39 is 0 Å². The van der Waals surface area contributed by atoms with Crippen molar-refractivity contribution in [2.45, 2.75) is 19.8 Å². The van der Waals surface area contributed by atoms with Crippen LogP contribution in [0.2, 0.25) is 0 Å². The number of aryl methyl sites for hydroxylation is 1. The topological polar surface area (TPSA) is 25.8 Å². The summed E-state index contributed by atoms with van der Waals surface area (Å²) in [5.74, 6) is 0.465. The molecule has 2 heteroatoms. The third-order valence-corrected chi connectivity index (χ3v) is 2.10. The summed E-state index contributed by atoms with van der Waals surface area (Å²) >= 11 is 0. The molecule has 2 rings (SSSR count). The average molecular weight is 146 g/mol. The lowest BCUT2D eigenvalue weighted by Crippen LogP contribution is -1.96. The second-order valence-electron chi connectivity index (χ2n) is 2.91. The molecule has 1 unspecified atom stereocenters. The van der Waals surface area contributed by atoms with Crippen LogP contribution in [0.15, 0.2) is 12.4 Å². The third kappa shape index (κ3) is 0.862. The molecule has 1 aromatic heterocycles. The molecule has 0 fully saturated rings. The summed E-state index contributed by atoms with van der Waals surface area (Å²) in [6, 6.07) is 0. The van der Waals surface area contributed by atoms with Gasteiger partial charge in [0.25, 0.3) is 0 Å². The fraction of sp³-hybridized carbons (Fsp3) is 0.333. The molecule has 0 saturated carbocycles. The van der Waals surface area contributed by atoms with E-state index in [-0.39, 0.29) is 0 Å². The van der Waals surface area contributed by atoms with Crippen LogP contribution in [-0.2, 0) is 0 Å². The molecule has 0 radical (unpaired) electrons. The highest BCUT2D eigenvalue weighted by atomic mass is 14.8. The van der Waals surface area contributed by atoms with E-state index in [2.05, 4.69) is 29.0 Å². The summed E-state index contributed by atoms with van der Waals surface area (Å²) in [4.78, 5) is 8.35. The molecule has 1 atom stereocenters. The molecule has 0 saturated heterocycles. The van der Waals surface area contributed by atoms with E-state index in [9.17, 15) is 0 Å². The Labute approximate surface area is 66.0 Å². The average Bonchev–Trinajstić information content (AvgIpc) is 2.35. The number of rotatable bonds is 0. The van der Waals surface area contributed by atoms with Gasteiger partial charge in [-0.15, -0.1) is 0 Å². The van der Waals surface area contributed by atoms with E-state index in [1.807, 2.05) is 6.92 Å². The van der Waals surface area contributed by atoms with Gasteiger partial charge in [-0.25, -0.2) is 9.97 Å². The quantitative estimate of drug-likeness (QED) is 0.558. The van der Waals surface area contributed by atoms with Gasteiger partial charge >= 0.3 is 0 Å². The van der Waals surface area contributed by atoms with E-state index in [4.69, 9.17) is 0 Å². The molecule has 0 amide bonds. The van der Waals surface area contributed by atoms with Crippen molar-refractivity contribution in [3.63, 3.8) is 0 Å². The van der Waals surface area contributed by atoms with Crippen LogP contribution < -0.4 is 0 Å². The number of hydrogen-bond acceptors (Lipinski definition) is 2. The van der Waals surface area contributed by atoms with Crippen molar-refractivity contribution >= 4 is 6.08 Å². The van der Waals surface area contributed by atoms with Crippen LogP contribution in [0.5, 0.6) is 0 Å². The highest BCUT2D eigenvalue weighted by Crippen LogP contribution is 2.28. The van der Waals surface area contributed by atoms with Crippen molar-refractivity contribution in [3.8, 4) is 0 Å². The minimum Gasteiger partial charge on any atom is -0.241 e. The fourth-order valence-corrected chi connectivity index (χ4v) is 1.40. The van der Waals surface area contributed by atoms with Gasteiger partial charge < -0.3 is 0 Å². The van der Waals surface area contributed by atoms with Gasteiger partial charge in [0.1, 0.15) is 6.33 Å². The Morgan fingerprint density at radius 2 is 2.18 bits per heavy atom. The van der Waals surface area contributed by atoms with Crippen LogP contribution in [0.3, 0.4) is 0 Å². The zero-order valence-electron chi connectivity index (χ0n) is 6.70. The van der Waals surface area contributed by atoms with Crippen molar-refractivity contribution in [1.82, 2.24) is 9.97 Å². The predicted molar refractivity (Wildman–Crippen MR) is 44.2 cm³/mol. The summed E-state index contributed by atoms with van der Waals surface area (Å²) in [5.41, 5.74) is 3.45. The van der Waals surface area contributed by atoms with Gasteiger partial charge in [-0.1, -0.05) is 19.1 Å². The smallest absolute Gasteiger partial charge is 0.115 e. The second kappa shape index (κ2) is 2.16. The molecule has 1 aliphatic carbocycles. The van der Waals surface area contributed by atoms with Gasteiger partial charge in [0, 0.05) is 17.2 Å². The number of fused-ring (bicyclic) bond motifs is 1. The van der Waals surface area contributed by atoms with Gasteiger partial charge in [0.05, 0.1) is 5.69 Å². The van der Waals surface area contributed by atoms with Crippen molar-refractivity contribution in [2.24, 2.45) is 0 Å². The molecule has 56 valence electrons. The van der Waals surface area contributed by atoms with Crippen LogP contribution in [0.25, 0.3) is 6.08 Å². The Bertz CT molecular complexity index is 315. The summed E-state index contributed by atoms with van der Waals surface area (Å²) in [7, 11) is 0. The number of aromatic nitrogens is 2. The Balaban J connectivity index is 2.65. The summed E-state index contributed by atoms with van der Waals surface area (Å²) in [5, 5.41) is 0. The van der Waals surface area contributed by atoms with E-state index in [1.54, 1.807) is 6.33 Å². The standard InChI is InChI=1S/C9H10N2/c1-6-3-4-8-7(2)10-5-11-9(6)8/h3-6H,1-2H3. The normalized spacial score (nSPS) is 20.4. The van der Waals surface area contributed by atoms with Crippen molar-refractivity contribution in [1.29, 1.82) is 0 Å². The van der Waals surface area contributed by atoms with Crippen LogP contribution >= 0.6 is 0 Å². The van der Waals surface area contributed by atoms with Gasteiger partial charge in [-0.2, -0.15) is 0 Å². The van der Waals surface area contributed by atoms with Crippen molar-refractivity contribution in [3.05, 3.63) is 29.4 Å². The highest BCUT2D eigenvalue weighted by Gasteiger charge is 2.15. The minimum atomic E-state index is 0.465. The van der Waals surface area contributed by atoms with Gasteiger partial charge in [-0.05, 0) is 6.92 Å². The number of allylic oxidation sites excluding steroid dienone is 1. The maximum absolute atomic E-state index is 4.23. The second-order valence-corrected chi connectivity index (χ2v) is 2.91. The van der Waals surface area contributed by atoms with Crippen LogP contribution in [0.1, 0.15) is 29.8 Å². The predicted octanol–water partition coefficient (Wildman–Crippen LogP) is 1.92. The first-order valence-electron chi connectivity index (χ1n) is 3.78. The first-order chi connectivity index (χ1) is 5.29. The van der Waals surface area contributed by atoms with E-state index in [0.29, 0.717) is 5.92 Å². The molecule has 2 nitrogen and oxygen atoms in total. The zero-order valence-corrected chi connectivity index (χ0v) is 6.70. The van der Waals surface area contributed by atoms with Gasteiger partial charge in [0.15, 0.2) is 0 Å². The molecule has 0 N–H and O–H groups in total. The number of hydrogen-bond donors (Lipinski definition) is 0. The molecule has 0 spiro atoms. The first kappa shape index (κ1) is 6.53. The summed E-state index contributed by atoms with van der Waals surface area (Å²) < 4.78 is 0. The Hall–Kier alpha value is -1.18. The Kier molecular flexibility index (Phi) is 1.28. The summed E-state index contributed by atoms with van der Waals surface area (Å²) in [6.07, 6.45) is 5.90. The van der Waals surface area contributed by atoms with E-state index in [0.717, 1.165) is 11.4 Å². The molecular weight excluding hydrogens is 136 g/mol. The molecule has 0 bridgehead atoms. The minimum absolute atomic E-state index is 0.465. The Morgan fingerprint density at radius 3 is 2.91 bits per heavy atom. The van der Waals surface area contributed by atoms with Gasteiger partial charge in [0.2, 0.25) is 0 Å². The summed E-state index contributed by atoms with van der Waals surface area (Å²) in [6.45, 7) is 4.16. The zero-order chi connectivity index (χ0) is 7.84. The third-order valence-electron chi connectivity index (χ3n) is 2.10. The van der Waals surface area contributed by atoms with E-state index >= 15 is 0 Å². The van der Waals surface area contributed by atoms with Crippen molar-refractivity contribution in [2.75, 3.05) is 0 Å². The Morgan fingerprint density at radius 1 is 1.36 bits per heavy atom. The van der Waals surface area contributed by atoms with Crippen molar-refractivity contribution < 1.29 is 0 Å².